The molecule has 4 rings (SSSR count). The Morgan fingerprint density at radius 3 is 2.82 bits per heavy atom. The molecule has 3 aromatic rings. The standard InChI is InChI=1S/C25H30N6O3/c1-5-33-20-11-21(23-18(12-26)14-28-31(23)16-20)17-8-9-22(27-13-17)30-10-6-7-19(15-30)29-24(32)34-25(2,3)4/h8-9,11,13-14,16,19H,5-7,10,15H2,1-4H3,(H,29,32). The number of nitriles is 1. The van der Waals surface area contributed by atoms with Crippen LogP contribution in [0.1, 0.15) is 46.1 Å². The summed E-state index contributed by atoms with van der Waals surface area (Å²) in [7, 11) is 0. The van der Waals surface area contributed by atoms with Gasteiger partial charge in [-0.25, -0.2) is 14.3 Å². The van der Waals surface area contributed by atoms with Gasteiger partial charge < -0.3 is 19.7 Å². The Balaban J connectivity index is 1.54. The highest BCUT2D eigenvalue weighted by molar-refractivity contribution is 5.85. The topological polar surface area (TPSA) is 105 Å². The van der Waals surface area contributed by atoms with E-state index in [1.807, 2.05) is 45.9 Å². The monoisotopic (exact) mass is 462 g/mol. The first-order valence-electron chi connectivity index (χ1n) is 11.5. The van der Waals surface area contributed by atoms with E-state index >= 15 is 0 Å². The number of alkyl carbamates (subject to hydrolysis) is 1. The second-order valence-electron chi connectivity index (χ2n) is 9.32. The highest BCUT2D eigenvalue weighted by atomic mass is 16.6. The summed E-state index contributed by atoms with van der Waals surface area (Å²) in [5, 5.41) is 16.8. The van der Waals surface area contributed by atoms with Crippen molar-refractivity contribution in [2.24, 2.45) is 0 Å². The van der Waals surface area contributed by atoms with Crippen molar-refractivity contribution in [2.45, 2.75) is 52.2 Å². The quantitative estimate of drug-likeness (QED) is 0.607. The van der Waals surface area contributed by atoms with Crippen LogP contribution in [0.3, 0.4) is 0 Å². The summed E-state index contributed by atoms with van der Waals surface area (Å²) in [6.45, 7) is 9.54. The number of nitrogens with one attached hydrogen (secondary N) is 1. The number of anilines is 1. The summed E-state index contributed by atoms with van der Waals surface area (Å²) >= 11 is 0. The highest BCUT2D eigenvalue weighted by Gasteiger charge is 2.25. The van der Waals surface area contributed by atoms with Crippen molar-refractivity contribution in [1.82, 2.24) is 19.9 Å². The molecule has 1 atom stereocenters. The number of carbonyl (C=O) groups excluding carboxylic acids is 1. The predicted octanol–water partition coefficient (Wildman–Crippen LogP) is 4.16. The van der Waals surface area contributed by atoms with E-state index in [-0.39, 0.29) is 6.04 Å². The summed E-state index contributed by atoms with van der Waals surface area (Å²) in [6.07, 6.45) is 6.59. The normalized spacial score (nSPS) is 16.2. The lowest BCUT2D eigenvalue weighted by Crippen LogP contribution is -2.49. The number of aromatic nitrogens is 3. The van der Waals surface area contributed by atoms with Crippen molar-refractivity contribution < 1.29 is 14.3 Å². The minimum absolute atomic E-state index is 0.00226. The fourth-order valence-corrected chi connectivity index (χ4v) is 4.15. The van der Waals surface area contributed by atoms with Crippen LogP contribution in [0.25, 0.3) is 16.6 Å². The molecule has 1 saturated heterocycles. The molecule has 178 valence electrons. The number of nitrogens with zero attached hydrogens (tertiary/aromatic N) is 5. The summed E-state index contributed by atoms with van der Waals surface area (Å²) in [4.78, 5) is 19.0. The zero-order valence-electron chi connectivity index (χ0n) is 20.0. The third-order valence-electron chi connectivity index (χ3n) is 5.54. The molecule has 9 nitrogen and oxygen atoms in total. The van der Waals surface area contributed by atoms with Gasteiger partial charge >= 0.3 is 6.09 Å². The smallest absolute Gasteiger partial charge is 0.407 e. The summed E-state index contributed by atoms with van der Waals surface area (Å²) in [5.74, 6) is 1.51. The van der Waals surface area contributed by atoms with Gasteiger partial charge in [0.15, 0.2) is 0 Å². The van der Waals surface area contributed by atoms with E-state index in [1.165, 1.54) is 0 Å². The number of fused-ring (bicyclic) bond motifs is 1. The number of piperidine rings is 1. The number of ether oxygens (including phenoxy) is 2. The fraction of sp³-hybridized carbons (Fsp3) is 0.440. The molecule has 0 radical (unpaired) electrons. The average molecular weight is 463 g/mol. The Morgan fingerprint density at radius 2 is 2.15 bits per heavy atom. The van der Waals surface area contributed by atoms with Crippen molar-refractivity contribution in [2.75, 3.05) is 24.6 Å². The molecule has 0 aliphatic carbocycles. The SMILES string of the molecule is CCOc1cc(-c2ccc(N3CCCC(NC(=O)OC(C)(C)C)C3)nc2)c2c(C#N)cnn2c1. The first-order chi connectivity index (χ1) is 16.3. The molecule has 0 aromatic carbocycles. The number of hydrogen-bond acceptors (Lipinski definition) is 7. The lowest BCUT2D eigenvalue weighted by Gasteiger charge is -2.34. The first kappa shape index (κ1) is 23.4. The zero-order valence-corrected chi connectivity index (χ0v) is 20.0. The Hall–Kier alpha value is -3.80. The van der Waals surface area contributed by atoms with E-state index in [0.29, 0.717) is 24.5 Å². The third-order valence-corrected chi connectivity index (χ3v) is 5.54. The van der Waals surface area contributed by atoms with E-state index in [0.717, 1.165) is 41.8 Å². The van der Waals surface area contributed by atoms with Crippen molar-refractivity contribution >= 4 is 17.4 Å². The molecule has 1 unspecified atom stereocenters. The molecule has 4 heterocycles. The largest absolute Gasteiger partial charge is 0.492 e. The Bertz CT molecular complexity index is 1210. The summed E-state index contributed by atoms with van der Waals surface area (Å²) < 4.78 is 12.8. The van der Waals surface area contributed by atoms with Crippen LogP contribution in [0, 0.1) is 11.3 Å². The molecule has 0 bridgehead atoms. The number of hydrogen-bond donors (Lipinski definition) is 1. The lowest BCUT2D eigenvalue weighted by atomic mass is 10.0. The minimum Gasteiger partial charge on any atom is -0.492 e. The summed E-state index contributed by atoms with van der Waals surface area (Å²) in [5.41, 5.74) is 2.39. The molecule has 0 spiro atoms. The van der Waals surface area contributed by atoms with Crippen LogP contribution in [0.5, 0.6) is 5.75 Å². The molecule has 1 amide bonds. The van der Waals surface area contributed by atoms with E-state index in [9.17, 15) is 10.1 Å². The highest BCUT2D eigenvalue weighted by Crippen LogP contribution is 2.31. The van der Waals surface area contributed by atoms with Crippen LogP contribution in [-0.2, 0) is 4.74 Å². The molecule has 1 aliphatic rings. The predicted molar refractivity (Wildman–Crippen MR) is 129 cm³/mol. The van der Waals surface area contributed by atoms with Gasteiger partial charge in [0.2, 0.25) is 0 Å². The maximum Gasteiger partial charge on any atom is 0.407 e. The first-order valence-corrected chi connectivity index (χ1v) is 11.5. The average Bonchev–Trinajstić information content (AvgIpc) is 3.21. The van der Waals surface area contributed by atoms with Gasteiger partial charge in [-0.15, -0.1) is 0 Å². The maximum atomic E-state index is 12.2. The van der Waals surface area contributed by atoms with Crippen molar-refractivity contribution in [3.63, 3.8) is 0 Å². The fourth-order valence-electron chi connectivity index (χ4n) is 4.15. The van der Waals surface area contributed by atoms with E-state index < -0.39 is 11.7 Å². The van der Waals surface area contributed by atoms with Gasteiger partial charge in [0.25, 0.3) is 0 Å². The second kappa shape index (κ2) is 9.59. The van der Waals surface area contributed by atoms with Crippen LogP contribution in [0.15, 0.2) is 36.8 Å². The van der Waals surface area contributed by atoms with Crippen molar-refractivity contribution in [3.05, 3.63) is 42.4 Å². The van der Waals surface area contributed by atoms with Gasteiger partial charge in [-0.3, -0.25) is 0 Å². The number of pyridine rings is 2. The van der Waals surface area contributed by atoms with Gasteiger partial charge in [-0.05, 0) is 58.7 Å². The molecule has 0 saturated carbocycles. The molecule has 9 heteroatoms. The maximum absolute atomic E-state index is 12.2. The molecule has 1 aliphatic heterocycles. The van der Waals surface area contributed by atoms with Gasteiger partial charge in [0.05, 0.1) is 30.1 Å². The van der Waals surface area contributed by atoms with Crippen LogP contribution in [-0.4, -0.2) is 52.0 Å². The van der Waals surface area contributed by atoms with Gasteiger partial charge in [0.1, 0.15) is 23.2 Å². The van der Waals surface area contributed by atoms with E-state index in [1.54, 1.807) is 23.1 Å². The van der Waals surface area contributed by atoms with Gasteiger partial charge in [-0.2, -0.15) is 10.4 Å². The molecule has 34 heavy (non-hydrogen) atoms. The number of carbonyl (C=O) groups is 1. The minimum atomic E-state index is -0.526. The zero-order chi connectivity index (χ0) is 24.3. The van der Waals surface area contributed by atoms with Crippen LogP contribution in [0.2, 0.25) is 0 Å². The number of amides is 1. The summed E-state index contributed by atoms with van der Waals surface area (Å²) in [6, 6.07) is 8.09. The number of rotatable bonds is 5. The molecule has 1 fully saturated rings. The molecular formula is C25H30N6O3. The van der Waals surface area contributed by atoms with Crippen molar-refractivity contribution in [1.29, 1.82) is 5.26 Å². The molecule has 1 N–H and O–H groups in total. The Morgan fingerprint density at radius 1 is 1.32 bits per heavy atom. The molecular weight excluding hydrogens is 432 g/mol. The van der Waals surface area contributed by atoms with Crippen molar-refractivity contribution in [3.8, 4) is 22.9 Å². The second-order valence-corrected chi connectivity index (χ2v) is 9.32. The van der Waals surface area contributed by atoms with Gasteiger partial charge in [-0.1, -0.05) is 0 Å². The van der Waals surface area contributed by atoms with Crippen LogP contribution >= 0.6 is 0 Å². The lowest BCUT2D eigenvalue weighted by molar-refractivity contribution is 0.0500. The van der Waals surface area contributed by atoms with E-state index in [2.05, 4.69) is 21.4 Å². The van der Waals surface area contributed by atoms with E-state index in [4.69, 9.17) is 14.5 Å². The van der Waals surface area contributed by atoms with Crippen LogP contribution in [0.4, 0.5) is 10.6 Å². The van der Waals surface area contributed by atoms with Crippen LogP contribution < -0.4 is 15.0 Å². The molecule has 3 aromatic heterocycles. The third kappa shape index (κ3) is 5.22. The Kier molecular flexibility index (Phi) is 6.59. The Labute approximate surface area is 199 Å². The van der Waals surface area contributed by atoms with Gasteiger partial charge in [0, 0.05) is 36.5 Å².